The van der Waals surface area contributed by atoms with Crippen molar-refractivity contribution in [3.8, 4) is 0 Å². The quantitative estimate of drug-likeness (QED) is 0.155. The zero-order valence-corrected chi connectivity index (χ0v) is 21.3. The molecule has 0 saturated carbocycles. The topological polar surface area (TPSA) is 88.2 Å². The van der Waals surface area contributed by atoms with Crippen molar-refractivity contribution in [2.75, 3.05) is 18.4 Å². The van der Waals surface area contributed by atoms with Gasteiger partial charge in [0.25, 0.3) is 0 Å². The van der Waals surface area contributed by atoms with Crippen LogP contribution < -0.4 is 10.0 Å². The minimum atomic E-state index is -3.68. The fraction of sp³-hybridized carbons (Fsp3) is 0.143. The largest absolute Gasteiger partial charge is 0.383 e. The molecule has 0 radical (unpaired) electrons. The van der Waals surface area contributed by atoms with Crippen molar-refractivity contribution in [2.45, 2.75) is 18.2 Å². The van der Waals surface area contributed by atoms with Gasteiger partial charge in [0.2, 0.25) is 10.0 Å². The highest BCUT2D eigenvalue weighted by Gasteiger charge is 2.14. The number of anilines is 1. The Bertz CT molecular complexity index is 1500. The number of sulfonamides is 1. The summed E-state index contributed by atoms with van der Waals surface area (Å²) in [5.41, 5.74) is 3.36. The van der Waals surface area contributed by atoms with E-state index in [1.54, 1.807) is 18.5 Å². The van der Waals surface area contributed by atoms with Crippen LogP contribution in [0.4, 0.5) is 5.69 Å². The van der Waals surface area contributed by atoms with Crippen molar-refractivity contribution in [1.82, 2.24) is 9.71 Å². The van der Waals surface area contributed by atoms with Crippen molar-refractivity contribution in [3.05, 3.63) is 107 Å². The molecular formula is C28H26ClN3O3S. The van der Waals surface area contributed by atoms with Crippen LogP contribution in [0.25, 0.3) is 16.8 Å². The molecule has 0 fully saturated rings. The van der Waals surface area contributed by atoms with Gasteiger partial charge in [0, 0.05) is 40.6 Å². The number of rotatable bonds is 10. The van der Waals surface area contributed by atoms with Crippen LogP contribution in [-0.4, -0.2) is 32.3 Å². The van der Waals surface area contributed by atoms with E-state index in [1.807, 2.05) is 49.4 Å². The summed E-state index contributed by atoms with van der Waals surface area (Å²) < 4.78 is 27.9. The molecule has 184 valence electrons. The molecule has 0 saturated heterocycles. The number of pyridine rings is 1. The molecule has 0 aliphatic heterocycles. The van der Waals surface area contributed by atoms with Gasteiger partial charge in [0.1, 0.15) is 0 Å². The molecule has 3 aromatic carbocycles. The van der Waals surface area contributed by atoms with Crippen LogP contribution in [0.2, 0.25) is 5.02 Å². The molecule has 2 N–H and O–H groups in total. The smallest absolute Gasteiger partial charge is 0.240 e. The lowest BCUT2D eigenvalue weighted by Crippen LogP contribution is -2.26. The Balaban J connectivity index is 1.28. The van der Waals surface area contributed by atoms with Crippen LogP contribution in [0.15, 0.2) is 90.1 Å². The number of allylic oxidation sites excluding steroid dienone is 1. The second-order valence-corrected chi connectivity index (χ2v) is 10.6. The van der Waals surface area contributed by atoms with Gasteiger partial charge in [-0.15, -0.1) is 0 Å². The number of nitrogens with one attached hydrogen (secondary N) is 2. The number of hydrogen-bond acceptors (Lipinski definition) is 5. The van der Waals surface area contributed by atoms with Crippen molar-refractivity contribution in [2.24, 2.45) is 0 Å². The number of nitrogens with zero attached hydrogens (tertiary/aromatic N) is 1. The molecule has 0 amide bonds. The third-order valence-corrected chi connectivity index (χ3v) is 7.35. The Morgan fingerprint density at radius 1 is 0.972 bits per heavy atom. The van der Waals surface area contributed by atoms with E-state index in [4.69, 9.17) is 11.6 Å². The number of aromatic nitrogens is 1. The van der Waals surface area contributed by atoms with Crippen LogP contribution in [0.1, 0.15) is 27.9 Å². The van der Waals surface area contributed by atoms with Crippen LogP contribution in [0.5, 0.6) is 0 Å². The fourth-order valence-corrected chi connectivity index (χ4v) is 4.89. The van der Waals surface area contributed by atoms with Gasteiger partial charge < -0.3 is 5.32 Å². The molecule has 4 rings (SSSR count). The molecule has 0 aliphatic rings. The van der Waals surface area contributed by atoms with E-state index in [2.05, 4.69) is 15.0 Å². The summed E-state index contributed by atoms with van der Waals surface area (Å²) in [5, 5.41) is 5.87. The maximum Gasteiger partial charge on any atom is 0.240 e. The SMILES string of the molecule is Cc1ccc(/C=C/C(=O)c2ccc(S(=O)(=O)NCCCNc3cncc4cc(Cl)ccc34)cc2)cc1. The lowest BCUT2D eigenvalue weighted by Gasteiger charge is -2.10. The van der Waals surface area contributed by atoms with Gasteiger partial charge >= 0.3 is 0 Å². The number of benzene rings is 3. The fourth-order valence-electron chi connectivity index (χ4n) is 3.63. The highest BCUT2D eigenvalue weighted by atomic mass is 35.5. The van der Waals surface area contributed by atoms with Gasteiger partial charge in [-0.3, -0.25) is 9.78 Å². The molecule has 0 atom stereocenters. The van der Waals surface area contributed by atoms with Gasteiger partial charge in [0.05, 0.1) is 16.8 Å². The third-order valence-electron chi connectivity index (χ3n) is 5.64. The molecule has 0 bridgehead atoms. The summed E-state index contributed by atoms with van der Waals surface area (Å²) in [6.45, 7) is 2.83. The van der Waals surface area contributed by atoms with E-state index in [1.165, 1.54) is 30.3 Å². The van der Waals surface area contributed by atoms with Crippen molar-refractivity contribution < 1.29 is 13.2 Å². The standard InChI is InChI=1S/C28H26ClN3O3S/c1-20-3-5-21(6-4-20)7-14-28(33)22-8-11-25(12-9-22)36(34,35)32-16-2-15-31-27-19-30-18-23-17-24(29)10-13-26(23)27/h3-14,17-19,31-32H,2,15-16H2,1H3/b14-7+. The normalized spacial score (nSPS) is 11.7. The highest BCUT2D eigenvalue weighted by Crippen LogP contribution is 2.25. The van der Waals surface area contributed by atoms with E-state index in [0.717, 1.165) is 27.6 Å². The van der Waals surface area contributed by atoms with Gasteiger partial charge in [-0.25, -0.2) is 13.1 Å². The average molecular weight is 520 g/mol. The number of aryl methyl sites for hydroxylation is 1. The number of halogens is 1. The monoisotopic (exact) mass is 519 g/mol. The minimum Gasteiger partial charge on any atom is -0.383 e. The first-order chi connectivity index (χ1) is 17.3. The molecule has 6 nitrogen and oxygen atoms in total. The zero-order chi connectivity index (χ0) is 25.5. The molecule has 4 aromatic rings. The number of carbonyl (C=O) groups is 1. The summed E-state index contributed by atoms with van der Waals surface area (Å²) in [6, 6.07) is 19.4. The maximum atomic E-state index is 12.6. The van der Waals surface area contributed by atoms with Crippen LogP contribution >= 0.6 is 11.6 Å². The maximum absolute atomic E-state index is 12.6. The molecule has 0 aliphatic carbocycles. The van der Waals surface area contributed by atoms with E-state index >= 15 is 0 Å². The second-order valence-electron chi connectivity index (χ2n) is 8.36. The Hall–Kier alpha value is -3.52. The first-order valence-electron chi connectivity index (χ1n) is 11.5. The number of ketones is 1. The van der Waals surface area contributed by atoms with Gasteiger partial charge in [-0.05, 0) is 61.4 Å². The van der Waals surface area contributed by atoms with Crippen molar-refractivity contribution >= 4 is 49.9 Å². The number of hydrogen-bond donors (Lipinski definition) is 2. The van der Waals surface area contributed by atoms with Crippen LogP contribution in [0.3, 0.4) is 0 Å². The van der Waals surface area contributed by atoms with E-state index in [0.29, 0.717) is 23.6 Å². The van der Waals surface area contributed by atoms with Gasteiger partial charge in [-0.2, -0.15) is 0 Å². The van der Waals surface area contributed by atoms with Crippen LogP contribution in [0, 0.1) is 6.92 Å². The summed E-state index contributed by atoms with van der Waals surface area (Å²) in [6.07, 6.45) is 7.29. The molecule has 8 heteroatoms. The minimum absolute atomic E-state index is 0.115. The van der Waals surface area contributed by atoms with E-state index in [9.17, 15) is 13.2 Å². The second kappa shape index (κ2) is 11.5. The lowest BCUT2D eigenvalue weighted by molar-refractivity contribution is 0.104. The zero-order valence-electron chi connectivity index (χ0n) is 19.7. The Morgan fingerprint density at radius 3 is 2.47 bits per heavy atom. The predicted octanol–water partition coefficient (Wildman–Crippen LogP) is 5.87. The first-order valence-corrected chi connectivity index (χ1v) is 13.3. The summed E-state index contributed by atoms with van der Waals surface area (Å²) in [4.78, 5) is 16.8. The van der Waals surface area contributed by atoms with Crippen LogP contribution in [-0.2, 0) is 10.0 Å². The summed E-state index contributed by atoms with van der Waals surface area (Å²) in [5.74, 6) is -0.191. The predicted molar refractivity (Wildman–Crippen MR) is 146 cm³/mol. The summed E-state index contributed by atoms with van der Waals surface area (Å²) >= 11 is 6.04. The van der Waals surface area contributed by atoms with Gasteiger partial charge in [-0.1, -0.05) is 53.6 Å². The number of carbonyl (C=O) groups excluding carboxylic acids is 1. The van der Waals surface area contributed by atoms with Gasteiger partial charge in [0.15, 0.2) is 5.78 Å². The summed E-state index contributed by atoms with van der Waals surface area (Å²) in [7, 11) is -3.68. The molecule has 1 aromatic heterocycles. The first kappa shape index (κ1) is 25.6. The molecule has 0 unspecified atom stereocenters. The third kappa shape index (κ3) is 6.57. The Kier molecular flexibility index (Phi) is 8.15. The lowest BCUT2D eigenvalue weighted by atomic mass is 10.1. The van der Waals surface area contributed by atoms with E-state index in [-0.39, 0.29) is 17.2 Å². The highest BCUT2D eigenvalue weighted by molar-refractivity contribution is 7.89. The Labute approximate surface area is 216 Å². The van der Waals surface area contributed by atoms with Crippen molar-refractivity contribution in [1.29, 1.82) is 0 Å². The molecule has 1 heterocycles. The average Bonchev–Trinajstić information content (AvgIpc) is 2.88. The molecule has 36 heavy (non-hydrogen) atoms. The van der Waals surface area contributed by atoms with E-state index < -0.39 is 10.0 Å². The number of fused-ring (bicyclic) bond motifs is 1. The Morgan fingerprint density at radius 2 is 1.72 bits per heavy atom. The van der Waals surface area contributed by atoms with Crippen molar-refractivity contribution in [3.63, 3.8) is 0 Å². The molecule has 0 spiro atoms. The molecular weight excluding hydrogens is 494 g/mol.